The standard InChI is InChI=1S/C6H15N.C3H8.H2/c1-5-6(2,3)7-4;1-3-2;/h7H,5H2,1-4H3;3H2,1-2H3;1H. The van der Waals surface area contributed by atoms with Crippen molar-refractivity contribution in [1.82, 2.24) is 5.32 Å². The van der Waals surface area contributed by atoms with E-state index >= 15 is 0 Å². The van der Waals surface area contributed by atoms with Gasteiger partial charge in [0, 0.05) is 6.97 Å². The Hall–Kier alpha value is -0.0400. The van der Waals surface area contributed by atoms with Crippen LogP contribution in [0, 0.1) is 0 Å². The van der Waals surface area contributed by atoms with Crippen molar-refractivity contribution < 1.29 is 1.43 Å². The second-order valence-electron chi connectivity index (χ2n) is 3.19. The van der Waals surface area contributed by atoms with Crippen molar-refractivity contribution in [3.8, 4) is 0 Å². The molecule has 0 atom stereocenters. The third-order valence-electron chi connectivity index (χ3n) is 1.56. The Labute approximate surface area is 67.7 Å². The average Bonchev–Trinajstić information content (AvgIpc) is 1.90. The molecule has 10 heavy (non-hydrogen) atoms. The van der Waals surface area contributed by atoms with Gasteiger partial charge < -0.3 is 5.32 Å². The molecule has 0 aromatic heterocycles. The van der Waals surface area contributed by atoms with E-state index in [1.807, 2.05) is 7.05 Å². The van der Waals surface area contributed by atoms with Crippen molar-refractivity contribution in [2.45, 2.75) is 53.0 Å². The van der Waals surface area contributed by atoms with Crippen LogP contribution < -0.4 is 5.32 Å². The molecule has 66 valence electrons. The fraction of sp³-hybridized carbons (Fsp3) is 1.00. The van der Waals surface area contributed by atoms with Crippen LogP contribution in [0.3, 0.4) is 0 Å². The Balaban J connectivity index is -0.000000140. The highest BCUT2D eigenvalue weighted by Gasteiger charge is 2.08. The summed E-state index contributed by atoms with van der Waals surface area (Å²) in [6.45, 7) is 10.8. The predicted octanol–water partition coefficient (Wildman–Crippen LogP) is 3.06. The van der Waals surface area contributed by atoms with Crippen LogP contribution in [-0.4, -0.2) is 12.6 Å². The SMILES string of the molecule is CCC.CCC(C)(C)NC.[HH]. The van der Waals surface area contributed by atoms with E-state index < -0.39 is 0 Å². The van der Waals surface area contributed by atoms with Crippen LogP contribution in [0.5, 0.6) is 0 Å². The van der Waals surface area contributed by atoms with Gasteiger partial charge in [-0.15, -0.1) is 0 Å². The monoisotopic (exact) mass is 147 g/mol. The van der Waals surface area contributed by atoms with Gasteiger partial charge in [-0.05, 0) is 27.3 Å². The number of hydrogen-bond acceptors (Lipinski definition) is 1. The molecule has 1 N–H and O–H groups in total. The van der Waals surface area contributed by atoms with Crippen LogP contribution >= 0.6 is 0 Å². The summed E-state index contributed by atoms with van der Waals surface area (Å²) in [5.74, 6) is 0. The van der Waals surface area contributed by atoms with Crippen LogP contribution in [0.1, 0.15) is 48.9 Å². The molecule has 0 amide bonds. The van der Waals surface area contributed by atoms with Crippen LogP contribution in [-0.2, 0) is 0 Å². The summed E-state index contributed by atoms with van der Waals surface area (Å²) in [7, 11) is 1.99. The number of hydrogen-bond donors (Lipinski definition) is 1. The van der Waals surface area contributed by atoms with Crippen molar-refractivity contribution >= 4 is 0 Å². The van der Waals surface area contributed by atoms with Gasteiger partial charge >= 0.3 is 0 Å². The van der Waals surface area contributed by atoms with Crippen molar-refractivity contribution in [2.75, 3.05) is 7.05 Å². The van der Waals surface area contributed by atoms with Crippen molar-refractivity contribution in [2.24, 2.45) is 0 Å². The Bertz CT molecular complexity index is 56.6. The fourth-order valence-electron chi connectivity index (χ4n) is 0.177. The molecule has 0 aromatic rings. The highest BCUT2D eigenvalue weighted by molar-refractivity contribution is 4.71. The third-order valence-corrected chi connectivity index (χ3v) is 1.56. The molecular formula is C9H25N. The first kappa shape index (κ1) is 12.6. The number of rotatable bonds is 2. The Kier molecular flexibility index (Phi) is 8.92. The third kappa shape index (κ3) is 10.9. The van der Waals surface area contributed by atoms with Crippen molar-refractivity contribution in [3.63, 3.8) is 0 Å². The van der Waals surface area contributed by atoms with E-state index in [9.17, 15) is 0 Å². The molecule has 0 aliphatic rings. The van der Waals surface area contributed by atoms with Gasteiger partial charge in [-0.3, -0.25) is 0 Å². The van der Waals surface area contributed by atoms with Crippen LogP contribution in [0.15, 0.2) is 0 Å². The lowest BCUT2D eigenvalue weighted by Gasteiger charge is -2.20. The molecule has 0 aromatic carbocycles. The average molecular weight is 147 g/mol. The van der Waals surface area contributed by atoms with E-state index in [1.54, 1.807) is 0 Å². The molecule has 0 rings (SSSR count). The molecule has 0 radical (unpaired) electrons. The van der Waals surface area contributed by atoms with Gasteiger partial charge in [0.15, 0.2) is 0 Å². The van der Waals surface area contributed by atoms with Crippen LogP contribution in [0.2, 0.25) is 0 Å². The fourth-order valence-corrected chi connectivity index (χ4v) is 0.177. The summed E-state index contributed by atoms with van der Waals surface area (Å²) < 4.78 is 0. The molecule has 0 heterocycles. The van der Waals surface area contributed by atoms with Gasteiger partial charge in [0.05, 0.1) is 0 Å². The summed E-state index contributed by atoms with van der Waals surface area (Å²) in [6, 6.07) is 0. The van der Waals surface area contributed by atoms with Gasteiger partial charge in [0.2, 0.25) is 0 Å². The smallest absolute Gasteiger partial charge is 0.0119 e. The zero-order chi connectivity index (χ0) is 8.62. The van der Waals surface area contributed by atoms with Crippen LogP contribution in [0.4, 0.5) is 0 Å². The van der Waals surface area contributed by atoms with E-state index in [0.717, 1.165) is 0 Å². The normalized spacial score (nSPS) is 10.2. The second-order valence-corrected chi connectivity index (χ2v) is 3.19. The maximum atomic E-state index is 3.19. The molecule has 0 bridgehead atoms. The second kappa shape index (κ2) is 7.07. The summed E-state index contributed by atoms with van der Waals surface area (Å²) in [5, 5.41) is 3.19. The van der Waals surface area contributed by atoms with Gasteiger partial charge in [-0.25, -0.2) is 0 Å². The Morgan fingerprint density at radius 3 is 1.50 bits per heavy atom. The first-order valence-electron chi connectivity index (χ1n) is 4.22. The summed E-state index contributed by atoms with van der Waals surface area (Å²) in [4.78, 5) is 0. The lowest BCUT2D eigenvalue weighted by atomic mass is 10.0. The molecular weight excluding hydrogens is 122 g/mol. The molecule has 0 unspecified atom stereocenters. The predicted molar refractivity (Wildman–Crippen MR) is 51.5 cm³/mol. The molecule has 1 nitrogen and oxygen atoms in total. The first-order chi connectivity index (χ1) is 4.54. The van der Waals surface area contributed by atoms with E-state index in [0.29, 0.717) is 5.54 Å². The quantitative estimate of drug-likeness (QED) is 0.633. The molecule has 0 aliphatic heterocycles. The minimum Gasteiger partial charge on any atom is -0.315 e. The topological polar surface area (TPSA) is 12.0 Å². The van der Waals surface area contributed by atoms with E-state index in [-0.39, 0.29) is 1.43 Å². The lowest BCUT2D eigenvalue weighted by molar-refractivity contribution is 0.411. The van der Waals surface area contributed by atoms with Crippen LogP contribution in [0.25, 0.3) is 0 Å². The minimum absolute atomic E-state index is 0. The molecule has 0 aliphatic carbocycles. The van der Waals surface area contributed by atoms with Gasteiger partial charge in [0.1, 0.15) is 0 Å². The molecule has 0 saturated carbocycles. The lowest BCUT2D eigenvalue weighted by Crippen LogP contribution is -2.34. The van der Waals surface area contributed by atoms with E-state index in [2.05, 4.69) is 39.9 Å². The molecule has 0 fully saturated rings. The minimum atomic E-state index is 0. The Morgan fingerprint density at radius 2 is 1.50 bits per heavy atom. The summed E-state index contributed by atoms with van der Waals surface area (Å²) in [6.07, 6.45) is 2.43. The molecule has 1 heteroatoms. The Morgan fingerprint density at radius 1 is 1.20 bits per heavy atom. The van der Waals surface area contributed by atoms with Crippen molar-refractivity contribution in [1.29, 1.82) is 0 Å². The van der Waals surface area contributed by atoms with E-state index in [1.165, 1.54) is 12.8 Å². The number of nitrogens with one attached hydrogen (secondary N) is 1. The van der Waals surface area contributed by atoms with Gasteiger partial charge in [0.25, 0.3) is 0 Å². The van der Waals surface area contributed by atoms with E-state index in [4.69, 9.17) is 0 Å². The zero-order valence-electron chi connectivity index (χ0n) is 8.41. The van der Waals surface area contributed by atoms with Crippen molar-refractivity contribution in [3.05, 3.63) is 0 Å². The summed E-state index contributed by atoms with van der Waals surface area (Å²) >= 11 is 0. The maximum absolute atomic E-state index is 3.19. The largest absolute Gasteiger partial charge is 0.315 e. The maximum Gasteiger partial charge on any atom is 0.0119 e. The first-order valence-corrected chi connectivity index (χ1v) is 4.22. The highest BCUT2D eigenvalue weighted by Crippen LogP contribution is 2.03. The zero-order valence-corrected chi connectivity index (χ0v) is 8.41. The highest BCUT2D eigenvalue weighted by atomic mass is 14.9. The molecule has 0 spiro atoms. The molecule has 0 saturated heterocycles. The van der Waals surface area contributed by atoms with Gasteiger partial charge in [-0.2, -0.15) is 0 Å². The van der Waals surface area contributed by atoms with Gasteiger partial charge in [-0.1, -0.05) is 27.2 Å². The summed E-state index contributed by atoms with van der Waals surface area (Å²) in [5.41, 5.74) is 0.333.